The van der Waals surface area contributed by atoms with Gasteiger partial charge in [0.15, 0.2) is 0 Å². The van der Waals surface area contributed by atoms with Crippen LogP contribution in [0.15, 0.2) is 35.8 Å². The highest BCUT2D eigenvalue weighted by molar-refractivity contribution is 7.09. The average molecular weight is 346 g/mol. The van der Waals surface area contributed by atoms with Gasteiger partial charge in [0.25, 0.3) is 0 Å². The molecule has 0 radical (unpaired) electrons. The highest BCUT2D eigenvalue weighted by atomic mass is 32.1. The van der Waals surface area contributed by atoms with Gasteiger partial charge in [0.05, 0.1) is 17.6 Å². The Morgan fingerprint density at radius 1 is 1.33 bits per heavy atom. The molecule has 2 unspecified atom stereocenters. The van der Waals surface area contributed by atoms with Gasteiger partial charge in [-0.1, -0.05) is 12.1 Å². The van der Waals surface area contributed by atoms with Crippen molar-refractivity contribution in [1.29, 1.82) is 0 Å². The number of hydrogen-bond donors (Lipinski definition) is 0. The first kappa shape index (κ1) is 15.7. The molecule has 1 aliphatic rings. The van der Waals surface area contributed by atoms with Gasteiger partial charge in [0.2, 0.25) is 0 Å². The fourth-order valence-electron chi connectivity index (χ4n) is 3.12. The standard InChI is InChI=1S/C17H19FN4OS/c1-21-14-5-3-2-4-13(14)20-16(21)11-23-15-9-22(8-12(15)18)10-17-19-6-7-24-17/h2-7,12,15H,8-11H2,1H3. The first-order valence-electron chi connectivity index (χ1n) is 7.97. The van der Waals surface area contributed by atoms with Crippen molar-refractivity contribution in [2.45, 2.75) is 25.4 Å². The van der Waals surface area contributed by atoms with Crippen LogP contribution in [-0.4, -0.2) is 44.8 Å². The van der Waals surface area contributed by atoms with Gasteiger partial charge in [-0.25, -0.2) is 14.4 Å². The molecule has 7 heteroatoms. The van der Waals surface area contributed by atoms with E-state index < -0.39 is 12.3 Å². The molecule has 5 nitrogen and oxygen atoms in total. The van der Waals surface area contributed by atoms with Crippen LogP contribution in [0.2, 0.25) is 0 Å². The lowest BCUT2D eigenvalue weighted by molar-refractivity contribution is 0.00749. The number of hydrogen-bond acceptors (Lipinski definition) is 5. The second-order valence-corrected chi connectivity index (χ2v) is 7.04. The number of fused-ring (bicyclic) bond motifs is 1. The predicted octanol–water partition coefficient (Wildman–Crippen LogP) is 2.77. The van der Waals surface area contributed by atoms with E-state index >= 15 is 0 Å². The second-order valence-electron chi connectivity index (χ2n) is 6.06. The summed E-state index contributed by atoms with van der Waals surface area (Å²) in [6, 6.07) is 7.95. The zero-order chi connectivity index (χ0) is 16.5. The van der Waals surface area contributed by atoms with Gasteiger partial charge in [-0.3, -0.25) is 4.90 Å². The molecule has 1 saturated heterocycles. The van der Waals surface area contributed by atoms with Crippen LogP contribution < -0.4 is 0 Å². The Balaban J connectivity index is 1.39. The van der Waals surface area contributed by atoms with Crippen molar-refractivity contribution in [2.24, 2.45) is 7.05 Å². The zero-order valence-corrected chi connectivity index (χ0v) is 14.2. The predicted molar refractivity (Wildman–Crippen MR) is 91.6 cm³/mol. The van der Waals surface area contributed by atoms with Crippen LogP contribution in [-0.2, 0) is 24.9 Å². The van der Waals surface area contributed by atoms with Crippen molar-refractivity contribution < 1.29 is 9.13 Å². The molecule has 126 valence electrons. The van der Waals surface area contributed by atoms with E-state index in [4.69, 9.17) is 4.74 Å². The summed E-state index contributed by atoms with van der Waals surface area (Å²) >= 11 is 1.60. The number of aromatic nitrogens is 3. The first-order chi connectivity index (χ1) is 11.7. The van der Waals surface area contributed by atoms with Crippen LogP contribution in [0.4, 0.5) is 4.39 Å². The molecule has 24 heavy (non-hydrogen) atoms. The lowest BCUT2D eigenvalue weighted by Gasteiger charge is -2.14. The monoisotopic (exact) mass is 346 g/mol. The summed E-state index contributed by atoms with van der Waals surface area (Å²) in [6.07, 6.45) is 0.396. The fraction of sp³-hybridized carbons (Fsp3) is 0.412. The normalized spacial score (nSPS) is 21.8. The Hall–Kier alpha value is -1.83. The van der Waals surface area contributed by atoms with Gasteiger partial charge in [-0.2, -0.15) is 0 Å². The van der Waals surface area contributed by atoms with Crippen molar-refractivity contribution in [3.8, 4) is 0 Å². The number of nitrogens with zero attached hydrogens (tertiary/aromatic N) is 4. The summed E-state index contributed by atoms with van der Waals surface area (Å²) in [5.41, 5.74) is 2.00. The molecular weight excluding hydrogens is 327 g/mol. The number of thiazole rings is 1. The highest BCUT2D eigenvalue weighted by Crippen LogP contribution is 2.22. The number of alkyl halides is 1. The lowest BCUT2D eigenvalue weighted by atomic mass is 10.3. The van der Waals surface area contributed by atoms with E-state index in [1.807, 2.05) is 41.3 Å². The number of aryl methyl sites for hydroxylation is 1. The molecule has 0 N–H and O–H groups in total. The molecule has 0 bridgehead atoms. The second kappa shape index (κ2) is 6.58. The smallest absolute Gasteiger partial charge is 0.140 e. The SMILES string of the molecule is Cn1c(COC2CN(Cc3nccs3)CC2F)nc2ccccc21. The molecule has 2 aromatic heterocycles. The molecular formula is C17H19FN4OS. The van der Waals surface area contributed by atoms with Gasteiger partial charge < -0.3 is 9.30 Å². The van der Waals surface area contributed by atoms with Crippen molar-refractivity contribution in [3.63, 3.8) is 0 Å². The number of benzene rings is 1. The minimum absolute atomic E-state index is 0.321. The number of likely N-dealkylation sites (tertiary alicyclic amines) is 1. The van der Waals surface area contributed by atoms with E-state index in [1.54, 1.807) is 17.5 Å². The fourth-order valence-corrected chi connectivity index (χ4v) is 3.78. The third-order valence-electron chi connectivity index (χ3n) is 4.42. The van der Waals surface area contributed by atoms with E-state index in [-0.39, 0.29) is 0 Å². The lowest BCUT2D eigenvalue weighted by Crippen LogP contribution is -2.25. The number of para-hydroxylation sites is 2. The number of rotatable bonds is 5. The summed E-state index contributed by atoms with van der Waals surface area (Å²) in [7, 11) is 1.96. The summed E-state index contributed by atoms with van der Waals surface area (Å²) in [5.74, 6) is 0.821. The Bertz CT molecular complexity index is 819. The Morgan fingerprint density at radius 3 is 3.00 bits per heavy atom. The summed E-state index contributed by atoms with van der Waals surface area (Å²) < 4.78 is 22.1. The molecule has 3 heterocycles. The number of halogens is 1. The molecule has 1 aliphatic heterocycles. The number of imidazole rings is 1. The minimum Gasteiger partial charge on any atom is -0.366 e. The average Bonchev–Trinajstić information content (AvgIpc) is 3.28. The molecule has 1 aromatic carbocycles. The molecule has 4 rings (SSSR count). The molecule has 0 aliphatic carbocycles. The Morgan fingerprint density at radius 2 is 2.21 bits per heavy atom. The Labute approximate surface area is 143 Å². The maximum absolute atomic E-state index is 14.3. The van der Waals surface area contributed by atoms with E-state index in [9.17, 15) is 4.39 Å². The van der Waals surface area contributed by atoms with Gasteiger partial charge >= 0.3 is 0 Å². The molecule has 2 atom stereocenters. The topological polar surface area (TPSA) is 43.2 Å². The maximum atomic E-state index is 14.3. The first-order valence-corrected chi connectivity index (χ1v) is 8.85. The third-order valence-corrected chi connectivity index (χ3v) is 5.19. The summed E-state index contributed by atoms with van der Waals surface area (Å²) in [5, 5.41) is 2.95. The van der Waals surface area contributed by atoms with Gasteiger partial charge in [-0.05, 0) is 12.1 Å². The van der Waals surface area contributed by atoms with E-state index in [0.717, 1.165) is 21.9 Å². The maximum Gasteiger partial charge on any atom is 0.140 e. The van der Waals surface area contributed by atoms with Crippen molar-refractivity contribution in [2.75, 3.05) is 13.1 Å². The third kappa shape index (κ3) is 3.07. The largest absolute Gasteiger partial charge is 0.366 e. The highest BCUT2D eigenvalue weighted by Gasteiger charge is 2.34. The van der Waals surface area contributed by atoms with Crippen LogP contribution in [0.5, 0.6) is 0 Å². The summed E-state index contributed by atoms with van der Waals surface area (Å²) in [4.78, 5) is 10.9. The molecule has 1 fully saturated rings. The molecule has 0 amide bonds. The van der Waals surface area contributed by atoms with Crippen molar-refractivity contribution in [3.05, 3.63) is 46.7 Å². The van der Waals surface area contributed by atoms with Crippen LogP contribution in [0.25, 0.3) is 11.0 Å². The molecule has 0 saturated carbocycles. The van der Waals surface area contributed by atoms with Crippen LogP contribution >= 0.6 is 11.3 Å². The molecule has 3 aromatic rings. The summed E-state index contributed by atoms with van der Waals surface area (Å²) in [6.45, 7) is 1.99. The van der Waals surface area contributed by atoms with E-state index in [1.165, 1.54) is 0 Å². The molecule has 0 spiro atoms. The Kier molecular flexibility index (Phi) is 4.30. The van der Waals surface area contributed by atoms with E-state index in [2.05, 4.69) is 14.9 Å². The van der Waals surface area contributed by atoms with Crippen molar-refractivity contribution >= 4 is 22.4 Å². The number of ether oxygens (including phenoxy) is 1. The van der Waals surface area contributed by atoms with Crippen LogP contribution in [0.3, 0.4) is 0 Å². The minimum atomic E-state index is -0.973. The van der Waals surface area contributed by atoms with Gasteiger partial charge in [-0.15, -0.1) is 11.3 Å². The van der Waals surface area contributed by atoms with Crippen LogP contribution in [0.1, 0.15) is 10.8 Å². The zero-order valence-electron chi connectivity index (χ0n) is 13.4. The van der Waals surface area contributed by atoms with Gasteiger partial charge in [0.1, 0.15) is 29.7 Å². The van der Waals surface area contributed by atoms with Gasteiger partial charge in [0, 0.05) is 31.7 Å². The van der Waals surface area contributed by atoms with Crippen LogP contribution in [0, 0.1) is 0 Å². The van der Waals surface area contributed by atoms with E-state index in [0.29, 0.717) is 26.2 Å². The quantitative estimate of drug-likeness (QED) is 0.712. The van der Waals surface area contributed by atoms with Crippen molar-refractivity contribution in [1.82, 2.24) is 19.4 Å².